The molecular formula is C26H29ClN2O4. The Morgan fingerprint density at radius 1 is 1.09 bits per heavy atom. The fourth-order valence-corrected chi connectivity index (χ4v) is 5.19. The Bertz CT molecular complexity index is 1070. The summed E-state index contributed by atoms with van der Waals surface area (Å²) in [5.41, 5.74) is 1.26. The minimum Gasteiger partial charge on any atom is -0.489 e. The van der Waals surface area contributed by atoms with Crippen molar-refractivity contribution in [1.82, 2.24) is 5.32 Å². The summed E-state index contributed by atoms with van der Waals surface area (Å²) in [5.74, 6) is 0.185. The molecule has 1 aliphatic rings. The molecule has 0 aliphatic heterocycles. The van der Waals surface area contributed by atoms with E-state index in [1.165, 1.54) is 7.11 Å². The van der Waals surface area contributed by atoms with Crippen molar-refractivity contribution in [3.63, 3.8) is 0 Å². The molecule has 0 bridgehead atoms. The van der Waals surface area contributed by atoms with Crippen molar-refractivity contribution < 1.29 is 19.1 Å². The first-order valence-corrected chi connectivity index (χ1v) is 11.2. The molecule has 33 heavy (non-hydrogen) atoms. The summed E-state index contributed by atoms with van der Waals surface area (Å²) in [6.07, 6.45) is 0.702. The van der Waals surface area contributed by atoms with E-state index in [1.807, 2.05) is 18.2 Å². The molecule has 0 spiro atoms. The average Bonchev–Trinajstić information content (AvgIpc) is 2.79. The van der Waals surface area contributed by atoms with Crippen molar-refractivity contribution in [3.8, 4) is 11.8 Å². The van der Waals surface area contributed by atoms with Gasteiger partial charge in [0.2, 0.25) is 0 Å². The zero-order valence-electron chi connectivity index (χ0n) is 19.6. The highest BCUT2D eigenvalue weighted by Crippen LogP contribution is 2.55. The number of carbonyl (C=O) groups is 2. The van der Waals surface area contributed by atoms with Gasteiger partial charge in [-0.15, -0.1) is 0 Å². The molecule has 1 saturated carbocycles. The van der Waals surface area contributed by atoms with Gasteiger partial charge in [-0.1, -0.05) is 51.4 Å². The number of nitrogens with one attached hydrogen (secondary N) is 1. The molecule has 0 atom stereocenters. The minimum atomic E-state index is -0.333. The third-order valence-corrected chi connectivity index (χ3v) is 6.80. The van der Waals surface area contributed by atoms with Crippen LogP contribution in [0.3, 0.4) is 0 Å². The van der Waals surface area contributed by atoms with E-state index in [-0.39, 0.29) is 34.9 Å². The van der Waals surface area contributed by atoms with Crippen molar-refractivity contribution in [2.24, 2.45) is 10.8 Å². The first kappa shape index (κ1) is 24.6. The second-order valence-electron chi connectivity index (χ2n) is 9.57. The van der Waals surface area contributed by atoms with E-state index in [9.17, 15) is 9.59 Å². The largest absolute Gasteiger partial charge is 0.489 e. The number of halogens is 1. The Hall–Kier alpha value is -3.04. The number of hydrogen-bond acceptors (Lipinski definition) is 5. The number of esters is 1. The third kappa shape index (κ3) is 4.99. The number of carbonyl (C=O) groups excluding carboxylic acids is 2. The van der Waals surface area contributed by atoms with Crippen molar-refractivity contribution >= 4 is 23.5 Å². The lowest BCUT2D eigenvalue weighted by molar-refractivity contribution is -0.164. The van der Waals surface area contributed by atoms with Gasteiger partial charge in [0.1, 0.15) is 17.9 Å². The topological polar surface area (TPSA) is 88.4 Å². The van der Waals surface area contributed by atoms with Gasteiger partial charge in [0.25, 0.3) is 5.91 Å². The molecule has 0 heterocycles. The van der Waals surface area contributed by atoms with Gasteiger partial charge >= 0.3 is 5.97 Å². The highest BCUT2D eigenvalue weighted by atomic mass is 35.5. The van der Waals surface area contributed by atoms with Crippen LogP contribution in [0.1, 0.15) is 55.6 Å². The van der Waals surface area contributed by atoms with Crippen LogP contribution in [-0.2, 0) is 16.0 Å². The van der Waals surface area contributed by atoms with Crippen LogP contribution in [-0.4, -0.2) is 31.1 Å². The summed E-state index contributed by atoms with van der Waals surface area (Å²) in [6.45, 7) is 8.26. The van der Waals surface area contributed by atoms with Crippen LogP contribution >= 0.6 is 11.6 Å². The van der Waals surface area contributed by atoms with Crippen LogP contribution in [0.25, 0.3) is 0 Å². The zero-order chi connectivity index (χ0) is 24.4. The molecule has 0 radical (unpaired) electrons. The highest BCUT2D eigenvalue weighted by molar-refractivity contribution is 6.31. The molecule has 6 nitrogen and oxygen atoms in total. The van der Waals surface area contributed by atoms with Gasteiger partial charge in [0.05, 0.1) is 17.7 Å². The number of amides is 1. The molecule has 0 aromatic heterocycles. The van der Waals surface area contributed by atoms with Gasteiger partial charge in [-0.25, -0.2) is 0 Å². The molecule has 1 N–H and O–H groups in total. The normalized spacial score (nSPS) is 20.2. The number of nitriles is 1. The Kier molecular flexibility index (Phi) is 7.04. The summed E-state index contributed by atoms with van der Waals surface area (Å²) >= 11 is 6.15. The monoisotopic (exact) mass is 468 g/mol. The lowest BCUT2D eigenvalue weighted by atomic mass is 9.49. The minimum absolute atomic E-state index is 0.115. The molecule has 1 amide bonds. The van der Waals surface area contributed by atoms with Crippen LogP contribution < -0.4 is 10.1 Å². The van der Waals surface area contributed by atoms with Crippen molar-refractivity contribution in [2.75, 3.05) is 7.11 Å². The molecule has 3 rings (SSSR count). The molecule has 7 heteroatoms. The second kappa shape index (κ2) is 9.44. The molecule has 0 saturated heterocycles. The maximum Gasteiger partial charge on any atom is 0.305 e. The number of ether oxygens (including phenoxy) is 2. The van der Waals surface area contributed by atoms with Gasteiger partial charge in [-0.05, 0) is 36.2 Å². The maximum atomic E-state index is 13.0. The SMILES string of the molecule is COC(=O)CCc1ccc(C(=O)NC2C(C)(C)C(Oc3ccc(C#N)c(Cl)c3)C2(C)C)cc1. The number of hydrogen-bond donors (Lipinski definition) is 1. The summed E-state index contributed by atoms with van der Waals surface area (Å²) in [6, 6.07) is 14.2. The van der Waals surface area contributed by atoms with E-state index >= 15 is 0 Å². The van der Waals surface area contributed by atoms with E-state index in [4.69, 9.17) is 21.6 Å². The van der Waals surface area contributed by atoms with E-state index in [2.05, 4.69) is 37.7 Å². The predicted octanol–water partition coefficient (Wildman–Crippen LogP) is 4.93. The number of aryl methyl sites for hydroxylation is 1. The zero-order valence-corrected chi connectivity index (χ0v) is 20.3. The van der Waals surface area contributed by atoms with Gasteiger partial charge in [-0.2, -0.15) is 5.26 Å². The van der Waals surface area contributed by atoms with Crippen molar-refractivity contribution in [1.29, 1.82) is 5.26 Å². The summed E-state index contributed by atoms with van der Waals surface area (Å²) in [7, 11) is 1.37. The highest BCUT2D eigenvalue weighted by Gasteiger charge is 2.64. The van der Waals surface area contributed by atoms with E-state index in [0.29, 0.717) is 34.7 Å². The Labute approximate surface area is 199 Å². The molecule has 1 aliphatic carbocycles. The second-order valence-corrected chi connectivity index (χ2v) is 9.98. The van der Waals surface area contributed by atoms with E-state index in [0.717, 1.165) is 5.56 Å². The molecular weight excluding hydrogens is 440 g/mol. The number of benzene rings is 2. The molecule has 2 aromatic rings. The Balaban J connectivity index is 1.66. The first-order chi connectivity index (χ1) is 15.5. The van der Waals surface area contributed by atoms with Crippen LogP contribution in [0, 0.1) is 22.2 Å². The predicted molar refractivity (Wildman–Crippen MR) is 126 cm³/mol. The quantitative estimate of drug-likeness (QED) is 0.582. The Morgan fingerprint density at radius 3 is 2.27 bits per heavy atom. The summed E-state index contributed by atoms with van der Waals surface area (Å²) in [5, 5.41) is 12.6. The smallest absolute Gasteiger partial charge is 0.305 e. The van der Waals surface area contributed by atoms with Crippen LogP contribution in [0.5, 0.6) is 5.75 Å². The van der Waals surface area contributed by atoms with Gasteiger partial charge in [0.15, 0.2) is 0 Å². The van der Waals surface area contributed by atoms with Gasteiger partial charge < -0.3 is 14.8 Å². The van der Waals surface area contributed by atoms with Crippen LogP contribution in [0.4, 0.5) is 0 Å². The molecule has 1 fully saturated rings. The standard InChI is InChI=1S/C26H29ClN2O4/c1-25(2)23(26(3,4)24(25)33-19-12-11-18(15-28)20(27)14-19)29-22(31)17-9-6-16(7-10-17)8-13-21(30)32-5/h6-7,9-12,14,23-24H,8,13H2,1-5H3,(H,29,31). The average molecular weight is 469 g/mol. The van der Waals surface area contributed by atoms with Crippen molar-refractivity contribution in [2.45, 2.75) is 52.7 Å². The third-order valence-electron chi connectivity index (χ3n) is 6.49. The van der Waals surface area contributed by atoms with E-state index < -0.39 is 0 Å². The Morgan fingerprint density at radius 2 is 1.73 bits per heavy atom. The first-order valence-electron chi connectivity index (χ1n) is 10.8. The fourth-order valence-electron chi connectivity index (χ4n) is 4.98. The number of nitrogens with zero attached hydrogens (tertiary/aromatic N) is 1. The number of rotatable bonds is 7. The van der Waals surface area contributed by atoms with Gasteiger partial charge in [-0.3, -0.25) is 9.59 Å². The fraction of sp³-hybridized carbons (Fsp3) is 0.423. The summed E-state index contributed by atoms with van der Waals surface area (Å²) in [4.78, 5) is 24.3. The van der Waals surface area contributed by atoms with Crippen LogP contribution in [0.2, 0.25) is 5.02 Å². The van der Waals surface area contributed by atoms with Crippen LogP contribution in [0.15, 0.2) is 42.5 Å². The molecule has 2 aromatic carbocycles. The molecule has 174 valence electrons. The lowest BCUT2D eigenvalue weighted by Gasteiger charge is -2.63. The van der Waals surface area contributed by atoms with Crippen molar-refractivity contribution in [3.05, 3.63) is 64.2 Å². The van der Waals surface area contributed by atoms with Gasteiger partial charge in [0, 0.05) is 34.9 Å². The van der Waals surface area contributed by atoms with E-state index in [1.54, 1.807) is 30.3 Å². The maximum absolute atomic E-state index is 13.0. The molecule has 0 unspecified atom stereocenters. The summed E-state index contributed by atoms with van der Waals surface area (Å²) < 4.78 is 10.9. The number of methoxy groups -OCH3 is 1. The lowest BCUT2D eigenvalue weighted by Crippen LogP contribution is -2.74.